The van der Waals surface area contributed by atoms with E-state index in [9.17, 15) is 9.18 Å². The maximum absolute atomic E-state index is 13.5. The summed E-state index contributed by atoms with van der Waals surface area (Å²) in [5.41, 5.74) is 1.28. The zero-order valence-corrected chi connectivity index (χ0v) is 9.56. The fourth-order valence-corrected chi connectivity index (χ4v) is 1.60. The van der Waals surface area contributed by atoms with Gasteiger partial charge in [-0.2, -0.15) is 0 Å². The predicted octanol–water partition coefficient (Wildman–Crippen LogP) is 3.14. The molecule has 92 valence electrons. The van der Waals surface area contributed by atoms with Gasteiger partial charge in [0.1, 0.15) is 5.82 Å². The van der Waals surface area contributed by atoms with Crippen LogP contribution < -0.4 is 5.32 Å². The summed E-state index contributed by atoms with van der Waals surface area (Å²) < 4.78 is 13.5. The second kappa shape index (κ2) is 5.31. The summed E-state index contributed by atoms with van der Waals surface area (Å²) in [4.78, 5) is 10.8. The Morgan fingerprint density at radius 1 is 1.17 bits per heavy atom. The minimum atomic E-state index is -1.06. The zero-order chi connectivity index (χ0) is 13.0. The molecule has 18 heavy (non-hydrogen) atoms. The van der Waals surface area contributed by atoms with Crippen LogP contribution in [0, 0.1) is 5.82 Å². The van der Waals surface area contributed by atoms with Crippen molar-refractivity contribution in [1.29, 1.82) is 0 Å². The zero-order valence-electron chi connectivity index (χ0n) is 9.56. The molecule has 0 aliphatic rings. The van der Waals surface area contributed by atoms with E-state index < -0.39 is 11.8 Å². The van der Waals surface area contributed by atoms with Crippen LogP contribution in [-0.4, -0.2) is 11.1 Å². The van der Waals surface area contributed by atoms with Crippen molar-refractivity contribution < 1.29 is 14.3 Å². The Hall–Kier alpha value is -2.36. The number of halogens is 1. The fourth-order valence-electron chi connectivity index (χ4n) is 1.60. The van der Waals surface area contributed by atoms with E-state index in [0.717, 1.165) is 5.69 Å². The number of aromatic carboxylic acids is 1. The van der Waals surface area contributed by atoms with E-state index in [1.807, 2.05) is 30.3 Å². The lowest BCUT2D eigenvalue weighted by molar-refractivity contribution is 0.0696. The average molecular weight is 245 g/mol. The lowest BCUT2D eigenvalue weighted by Crippen LogP contribution is -2.04. The first kappa shape index (κ1) is 12.1. The molecule has 0 heterocycles. The van der Waals surface area contributed by atoms with E-state index in [4.69, 9.17) is 5.11 Å². The van der Waals surface area contributed by atoms with Crippen molar-refractivity contribution in [3.8, 4) is 0 Å². The summed E-state index contributed by atoms with van der Waals surface area (Å²) in [5, 5.41) is 11.9. The Labute approximate surface area is 104 Å². The molecule has 0 bridgehead atoms. The summed E-state index contributed by atoms with van der Waals surface area (Å²) in [5.74, 6) is -1.47. The van der Waals surface area contributed by atoms with E-state index in [1.54, 1.807) is 0 Å². The lowest BCUT2D eigenvalue weighted by atomic mass is 10.1. The molecule has 0 aromatic heterocycles. The van der Waals surface area contributed by atoms with Crippen molar-refractivity contribution in [3.63, 3.8) is 0 Å². The van der Waals surface area contributed by atoms with Crippen LogP contribution in [0.25, 0.3) is 0 Å². The molecule has 2 N–H and O–H groups in total. The highest BCUT2D eigenvalue weighted by Gasteiger charge is 2.08. The van der Waals surface area contributed by atoms with E-state index in [2.05, 4.69) is 5.32 Å². The van der Waals surface area contributed by atoms with E-state index in [1.165, 1.54) is 18.2 Å². The molecular formula is C14H12FNO2. The number of nitrogens with one attached hydrogen (secondary N) is 1. The van der Waals surface area contributed by atoms with Crippen molar-refractivity contribution in [2.75, 3.05) is 5.32 Å². The Bertz CT molecular complexity index is 555. The molecule has 4 heteroatoms. The van der Waals surface area contributed by atoms with Crippen molar-refractivity contribution in [2.45, 2.75) is 6.54 Å². The van der Waals surface area contributed by atoms with Crippen molar-refractivity contribution in [3.05, 3.63) is 65.5 Å². The van der Waals surface area contributed by atoms with Crippen LogP contribution >= 0.6 is 0 Å². The SMILES string of the molecule is O=C(O)c1ccc(F)c(CNc2ccccc2)c1. The number of rotatable bonds is 4. The molecular weight excluding hydrogens is 233 g/mol. The van der Waals surface area contributed by atoms with Gasteiger partial charge in [-0.1, -0.05) is 18.2 Å². The molecule has 2 rings (SSSR count). The third-order valence-corrected chi connectivity index (χ3v) is 2.55. The molecule has 0 unspecified atom stereocenters. The maximum atomic E-state index is 13.5. The van der Waals surface area contributed by atoms with Gasteiger partial charge in [0.05, 0.1) is 5.56 Å². The summed E-state index contributed by atoms with van der Waals surface area (Å²) >= 11 is 0. The molecule has 0 saturated carbocycles. The molecule has 0 aliphatic carbocycles. The number of anilines is 1. The van der Waals surface area contributed by atoms with Crippen LogP contribution in [0.3, 0.4) is 0 Å². The smallest absolute Gasteiger partial charge is 0.335 e. The van der Waals surface area contributed by atoms with Gasteiger partial charge in [0.25, 0.3) is 0 Å². The summed E-state index contributed by atoms with van der Waals surface area (Å²) in [6, 6.07) is 13.1. The largest absolute Gasteiger partial charge is 0.478 e. The van der Waals surface area contributed by atoms with Gasteiger partial charge < -0.3 is 10.4 Å². The molecule has 0 saturated heterocycles. The highest BCUT2D eigenvalue weighted by atomic mass is 19.1. The Morgan fingerprint density at radius 3 is 2.56 bits per heavy atom. The molecule has 0 fully saturated rings. The molecule has 0 amide bonds. The van der Waals surface area contributed by atoms with Gasteiger partial charge >= 0.3 is 5.97 Å². The van der Waals surface area contributed by atoms with Crippen LogP contribution in [0.2, 0.25) is 0 Å². The van der Waals surface area contributed by atoms with Gasteiger partial charge in [-0.05, 0) is 30.3 Å². The van der Waals surface area contributed by atoms with Crippen LogP contribution in [0.15, 0.2) is 48.5 Å². The third-order valence-electron chi connectivity index (χ3n) is 2.55. The molecule has 0 spiro atoms. The van der Waals surface area contributed by atoms with Crippen LogP contribution in [0.5, 0.6) is 0 Å². The minimum Gasteiger partial charge on any atom is -0.478 e. The lowest BCUT2D eigenvalue weighted by Gasteiger charge is -2.08. The summed E-state index contributed by atoms with van der Waals surface area (Å²) in [7, 11) is 0. The first-order valence-corrected chi connectivity index (χ1v) is 5.47. The summed E-state index contributed by atoms with van der Waals surface area (Å²) in [6.07, 6.45) is 0. The molecule has 0 atom stereocenters. The quantitative estimate of drug-likeness (QED) is 0.870. The standard InChI is InChI=1S/C14H12FNO2/c15-13-7-6-10(14(17)18)8-11(13)9-16-12-4-2-1-3-5-12/h1-8,16H,9H2,(H,17,18). The van der Waals surface area contributed by atoms with Gasteiger partial charge in [0.15, 0.2) is 0 Å². The number of carbonyl (C=O) groups is 1. The molecule has 0 aliphatic heterocycles. The van der Waals surface area contributed by atoms with E-state index >= 15 is 0 Å². The van der Waals surface area contributed by atoms with Gasteiger partial charge in [0, 0.05) is 17.8 Å². The molecule has 0 radical (unpaired) electrons. The van der Waals surface area contributed by atoms with Crippen molar-refractivity contribution in [2.24, 2.45) is 0 Å². The van der Waals surface area contributed by atoms with E-state index in [-0.39, 0.29) is 12.1 Å². The Kier molecular flexibility index (Phi) is 3.57. The van der Waals surface area contributed by atoms with Crippen molar-refractivity contribution in [1.82, 2.24) is 0 Å². The second-order valence-electron chi connectivity index (χ2n) is 3.83. The number of hydrogen-bond donors (Lipinski definition) is 2. The second-order valence-corrected chi connectivity index (χ2v) is 3.83. The van der Waals surface area contributed by atoms with Crippen LogP contribution in [0.4, 0.5) is 10.1 Å². The first-order valence-electron chi connectivity index (χ1n) is 5.47. The summed E-state index contributed by atoms with van der Waals surface area (Å²) in [6.45, 7) is 0.247. The topological polar surface area (TPSA) is 49.3 Å². The minimum absolute atomic E-state index is 0.0845. The van der Waals surface area contributed by atoms with Gasteiger partial charge in [0.2, 0.25) is 0 Å². The van der Waals surface area contributed by atoms with Gasteiger partial charge in [-0.3, -0.25) is 0 Å². The highest BCUT2D eigenvalue weighted by molar-refractivity contribution is 5.87. The molecule has 2 aromatic carbocycles. The number of para-hydroxylation sites is 1. The normalized spacial score (nSPS) is 10.1. The Morgan fingerprint density at radius 2 is 1.89 bits per heavy atom. The maximum Gasteiger partial charge on any atom is 0.335 e. The van der Waals surface area contributed by atoms with Crippen molar-refractivity contribution >= 4 is 11.7 Å². The van der Waals surface area contributed by atoms with Crippen LogP contribution in [-0.2, 0) is 6.54 Å². The highest BCUT2D eigenvalue weighted by Crippen LogP contribution is 2.13. The molecule has 3 nitrogen and oxygen atoms in total. The fraction of sp³-hybridized carbons (Fsp3) is 0.0714. The monoisotopic (exact) mass is 245 g/mol. The number of carboxylic acid groups (broad SMARTS) is 1. The third kappa shape index (κ3) is 2.85. The predicted molar refractivity (Wildman–Crippen MR) is 67.1 cm³/mol. The first-order chi connectivity index (χ1) is 8.66. The average Bonchev–Trinajstić information content (AvgIpc) is 2.38. The number of carboxylic acids is 1. The van der Waals surface area contributed by atoms with Gasteiger partial charge in [-0.15, -0.1) is 0 Å². The van der Waals surface area contributed by atoms with Crippen LogP contribution in [0.1, 0.15) is 15.9 Å². The van der Waals surface area contributed by atoms with E-state index in [0.29, 0.717) is 5.56 Å². The molecule has 2 aromatic rings. The Balaban J connectivity index is 2.14. The number of benzene rings is 2. The van der Waals surface area contributed by atoms with Gasteiger partial charge in [-0.25, -0.2) is 9.18 Å². The number of hydrogen-bond acceptors (Lipinski definition) is 2.